The molecule has 1 aliphatic rings. The predicted octanol–water partition coefficient (Wildman–Crippen LogP) is 2.22. The van der Waals surface area contributed by atoms with Crippen LogP contribution in [0.5, 0.6) is 0 Å². The number of hydrogen-bond donors (Lipinski definition) is 1. The third kappa shape index (κ3) is 2.91. The molecule has 0 fully saturated rings. The van der Waals surface area contributed by atoms with Crippen molar-refractivity contribution in [1.29, 1.82) is 0 Å². The Labute approximate surface area is 123 Å². The number of benzene rings is 2. The Kier molecular flexibility index (Phi) is 3.65. The lowest BCUT2D eigenvalue weighted by atomic mass is 10.2. The molecular formula is C15H15FN2O2S. The molecule has 3 rings (SSSR count). The maximum absolute atomic E-state index is 12.8. The van der Waals surface area contributed by atoms with E-state index < -0.39 is 10.2 Å². The largest absolute Gasteiger partial charge is 0.301 e. The van der Waals surface area contributed by atoms with Gasteiger partial charge in [-0.25, -0.2) is 4.39 Å². The number of hydrogen-bond acceptors (Lipinski definition) is 2. The van der Waals surface area contributed by atoms with E-state index in [2.05, 4.69) is 4.72 Å². The van der Waals surface area contributed by atoms with E-state index in [9.17, 15) is 12.8 Å². The van der Waals surface area contributed by atoms with Gasteiger partial charge in [-0.1, -0.05) is 30.3 Å². The number of anilines is 1. The third-order valence-corrected chi connectivity index (χ3v) is 4.98. The van der Waals surface area contributed by atoms with Crippen molar-refractivity contribution >= 4 is 15.9 Å². The van der Waals surface area contributed by atoms with Gasteiger partial charge in [0.15, 0.2) is 0 Å². The number of nitrogens with one attached hydrogen (secondary N) is 1. The Morgan fingerprint density at radius 2 is 1.81 bits per heavy atom. The van der Waals surface area contributed by atoms with Crippen LogP contribution in [0.3, 0.4) is 0 Å². The van der Waals surface area contributed by atoms with E-state index in [0.717, 1.165) is 11.3 Å². The molecule has 6 heteroatoms. The van der Waals surface area contributed by atoms with Crippen molar-refractivity contribution in [3.05, 3.63) is 65.5 Å². The maximum Gasteiger partial charge on any atom is 0.301 e. The van der Waals surface area contributed by atoms with Gasteiger partial charge in [0.2, 0.25) is 0 Å². The maximum atomic E-state index is 12.8. The van der Waals surface area contributed by atoms with Crippen molar-refractivity contribution in [2.24, 2.45) is 0 Å². The molecule has 4 nitrogen and oxygen atoms in total. The number of halogens is 1. The summed E-state index contributed by atoms with van der Waals surface area (Å²) >= 11 is 0. The van der Waals surface area contributed by atoms with Crippen LogP contribution in [0, 0.1) is 5.82 Å². The molecule has 1 aliphatic heterocycles. The van der Waals surface area contributed by atoms with Gasteiger partial charge in [-0.3, -0.25) is 4.31 Å². The molecule has 1 heterocycles. The van der Waals surface area contributed by atoms with Crippen LogP contribution in [0.2, 0.25) is 0 Å². The van der Waals surface area contributed by atoms with Crippen molar-refractivity contribution in [3.63, 3.8) is 0 Å². The standard InChI is InChI=1S/C15H15FN2O2S/c16-14-7-5-12(6-8-14)11-17-21(19,20)18-10-9-13-3-1-2-4-15(13)18/h1-8,17H,9-11H2. The lowest BCUT2D eigenvalue weighted by Gasteiger charge is -2.19. The second-order valence-corrected chi connectivity index (χ2v) is 6.58. The van der Waals surface area contributed by atoms with Gasteiger partial charge in [-0.15, -0.1) is 0 Å². The molecule has 0 saturated carbocycles. The third-order valence-electron chi connectivity index (χ3n) is 3.51. The molecular weight excluding hydrogens is 291 g/mol. The SMILES string of the molecule is O=S(=O)(NCc1ccc(F)cc1)N1CCc2ccccc21. The molecule has 0 aromatic heterocycles. The highest BCUT2D eigenvalue weighted by Crippen LogP contribution is 2.29. The van der Waals surface area contributed by atoms with E-state index in [-0.39, 0.29) is 12.4 Å². The minimum absolute atomic E-state index is 0.140. The van der Waals surface area contributed by atoms with E-state index in [1.165, 1.54) is 16.4 Å². The van der Waals surface area contributed by atoms with Crippen LogP contribution >= 0.6 is 0 Å². The van der Waals surface area contributed by atoms with Gasteiger partial charge in [-0.05, 0) is 35.7 Å². The van der Waals surface area contributed by atoms with Crippen LogP contribution in [0.1, 0.15) is 11.1 Å². The van der Waals surface area contributed by atoms with Crippen LogP contribution in [0.25, 0.3) is 0 Å². The first kappa shape index (κ1) is 14.0. The van der Waals surface area contributed by atoms with Gasteiger partial charge >= 0.3 is 10.2 Å². The van der Waals surface area contributed by atoms with E-state index in [1.807, 2.05) is 18.2 Å². The van der Waals surface area contributed by atoms with E-state index in [4.69, 9.17) is 0 Å². The quantitative estimate of drug-likeness (QED) is 0.941. The Bertz CT molecular complexity index is 745. The molecule has 0 bridgehead atoms. The molecule has 0 amide bonds. The second kappa shape index (κ2) is 5.46. The fourth-order valence-electron chi connectivity index (χ4n) is 2.41. The topological polar surface area (TPSA) is 49.4 Å². The smallest absolute Gasteiger partial charge is 0.257 e. The molecule has 21 heavy (non-hydrogen) atoms. The highest BCUT2D eigenvalue weighted by molar-refractivity contribution is 7.90. The Morgan fingerprint density at radius 1 is 1.10 bits per heavy atom. The molecule has 0 spiro atoms. The molecule has 2 aromatic carbocycles. The molecule has 1 N–H and O–H groups in total. The highest BCUT2D eigenvalue weighted by atomic mass is 32.2. The summed E-state index contributed by atoms with van der Waals surface area (Å²) in [5.41, 5.74) is 2.47. The zero-order valence-electron chi connectivity index (χ0n) is 11.3. The fourth-order valence-corrected chi connectivity index (χ4v) is 3.69. The summed E-state index contributed by atoms with van der Waals surface area (Å²) < 4.78 is 41.5. The number of fused-ring (bicyclic) bond motifs is 1. The molecule has 0 aliphatic carbocycles. The molecule has 0 atom stereocenters. The van der Waals surface area contributed by atoms with Crippen LogP contribution in [-0.2, 0) is 23.2 Å². The predicted molar refractivity (Wildman–Crippen MR) is 79.7 cm³/mol. The summed E-state index contributed by atoms with van der Waals surface area (Å²) in [7, 11) is -3.59. The summed E-state index contributed by atoms with van der Waals surface area (Å²) in [5, 5.41) is 0. The average Bonchev–Trinajstić information content (AvgIpc) is 2.91. The van der Waals surface area contributed by atoms with Crippen molar-refractivity contribution < 1.29 is 12.8 Å². The molecule has 2 aromatic rings. The first-order valence-electron chi connectivity index (χ1n) is 6.66. The van der Waals surface area contributed by atoms with E-state index >= 15 is 0 Å². The highest BCUT2D eigenvalue weighted by Gasteiger charge is 2.28. The lowest BCUT2D eigenvalue weighted by molar-refractivity contribution is 0.577. The molecule has 0 unspecified atom stereocenters. The minimum Gasteiger partial charge on any atom is -0.257 e. The van der Waals surface area contributed by atoms with Gasteiger partial charge < -0.3 is 0 Å². The first-order chi connectivity index (χ1) is 10.1. The average molecular weight is 306 g/mol. The van der Waals surface area contributed by atoms with Gasteiger partial charge in [0.1, 0.15) is 5.82 Å². The second-order valence-electron chi connectivity index (χ2n) is 4.90. The lowest BCUT2D eigenvalue weighted by Crippen LogP contribution is -2.39. The molecule has 110 valence electrons. The van der Waals surface area contributed by atoms with Gasteiger partial charge in [0.05, 0.1) is 5.69 Å². The first-order valence-corrected chi connectivity index (χ1v) is 8.10. The van der Waals surface area contributed by atoms with Crippen molar-refractivity contribution in [3.8, 4) is 0 Å². The molecule has 0 radical (unpaired) electrons. The summed E-state index contributed by atoms with van der Waals surface area (Å²) in [6.07, 6.45) is 0.716. The Morgan fingerprint density at radius 3 is 2.57 bits per heavy atom. The summed E-state index contributed by atoms with van der Waals surface area (Å²) in [4.78, 5) is 0. The minimum atomic E-state index is -3.59. The normalized spacial score (nSPS) is 14.2. The van der Waals surface area contributed by atoms with E-state index in [1.54, 1.807) is 18.2 Å². The zero-order valence-corrected chi connectivity index (χ0v) is 12.1. The van der Waals surface area contributed by atoms with Crippen LogP contribution in [0.4, 0.5) is 10.1 Å². The summed E-state index contributed by atoms with van der Waals surface area (Å²) in [6.45, 7) is 0.583. The monoisotopic (exact) mass is 306 g/mol. The fraction of sp³-hybridized carbons (Fsp3) is 0.200. The Balaban J connectivity index is 1.75. The van der Waals surface area contributed by atoms with Gasteiger partial charge in [0.25, 0.3) is 0 Å². The molecule has 0 saturated heterocycles. The summed E-state index contributed by atoms with van der Waals surface area (Å²) in [6, 6.07) is 13.2. The zero-order chi connectivity index (χ0) is 14.9. The van der Waals surface area contributed by atoms with Crippen molar-refractivity contribution in [1.82, 2.24) is 4.72 Å². The Hall–Kier alpha value is -1.92. The summed E-state index contributed by atoms with van der Waals surface area (Å²) in [5.74, 6) is -0.338. The van der Waals surface area contributed by atoms with Crippen LogP contribution in [0.15, 0.2) is 48.5 Å². The number of rotatable bonds is 4. The van der Waals surface area contributed by atoms with Gasteiger partial charge in [0, 0.05) is 13.1 Å². The number of para-hydroxylation sites is 1. The van der Waals surface area contributed by atoms with Gasteiger partial charge in [-0.2, -0.15) is 13.1 Å². The van der Waals surface area contributed by atoms with Crippen molar-refractivity contribution in [2.45, 2.75) is 13.0 Å². The van der Waals surface area contributed by atoms with Crippen molar-refractivity contribution in [2.75, 3.05) is 10.8 Å². The van der Waals surface area contributed by atoms with E-state index in [0.29, 0.717) is 18.5 Å². The van der Waals surface area contributed by atoms with Crippen LogP contribution < -0.4 is 9.03 Å². The number of nitrogens with zero attached hydrogens (tertiary/aromatic N) is 1. The van der Waals surface area contributed by atoms with Crippen LogP contribution in [-0.4, -0.2) is 15.0 Å².